The number of carboxylic acids is 2. The molecule has 10 heteroatoms. The second-order valence-electron chi connectivity index (χ2n) is 6.34. The molecular weight excluding hydrogens is 430 g/mol. The van der Waals surface area contributed by atoms with Gasteiger partial charge in [0.25, 0.3) is 12.9 Å². The zero-order valence-electron chi connectivity index (χ0n) is 15.9. The van der Waals surface area contributed by atoms with Crippen molar-refractivity contribution in [2.45, 2.75) is 0 Å². The summed E-state index contributed by atoms with van der Waals surface area (Å²) in [5.74, 6) is -5.09. The van der Waals surface area contributed by atoms with Crippen molar-refractivity contribution < 1.29 is 47.6 Å². The van der Waals surface area contributed by atoms with Gasteiger partial charge >= 0.3 is 11.9 Å². The fraction of sp³-hybridized carbons (Fsp3) is 0. The van der Waals surface area contributed by atoms with Gasteiger partial charge in [-0.25, -0.2) is 18.4 Å². The molecule has 0 aliphatic rings. The Hall–Kier alpha value is -4.60. The monoisotopic (exact) mass is 442 g/mol. The number of aromatic carboxylic acids is 2. The first-order valence-corrected chi connectivity index (χ1v) is 8.70. The fourth-order valence-corrected chi connectivity index (χ4v) is 2.99. The highest BCUT2D eigenvalue weighted by Gasteiger charge is 2.18. The van der Waals surface area contributed by atoms with E-state index < -0.39 is 23.6 Å². The third-order valence-corrected chi connectivity index (χ3v) is 4.35. The van der Waals surface area contributed by atoms with Gasteiger partial charge in [0.1, 0.15) is 23.1 Å². The molecule has 3 aromatic rings. The number of halogens is 2. The van der Waals surface area contributed by atoms with Gasteiger partial charge < -0.3 is 19.7 Å². The fourth-order valence-electron chi connectivity index (χ4n) is 2.99. The van der Waals surface area contributed by atoms with E-state index in [1.165, 1.54) is 0 Å². The summed E-state index contributed by atoms with van der Waals surface area (Å²) in [4.78, 5) is 43.8. The molecule has 0 spiro atoms. The van der Waals surface area contributed by atoms with Crippen molar-refractivity contribution >= 4 is 24.9 Å². The summed E-state index contributed by atoms with van der Waals surface area (Å²) in [6.45, 7) is 0.110. The van der Waals surface area contributed by atoms with Gasteiger partial charge in [-0.15, -0.1) is 0 Å². The molecule has 0 saturated heterocycles. The lowest BCUT2D eigenvalue weighted by Gasteiger charge is -2.12. The molecule has 8 nitrogen and oxygen atoms in total. The average molecular weight is 442 g/mol. The van der Waals surface area contributed by atoms with Gasteiger partial charge in [0.15, 0.2) is 0 Å². The van der Waals surface area contributed by atoms with E-state index in [4.69, 9.17) is 0 Å². The van der Waals surface area contributed by atoms with Gasteiger partial charge in [0.05, 0.1) is 11.1 Å². The van der Waals surface area contributed by atoms with E-state index in [9.17, 15) is 38.2 Å². The number of rotatable bonds is 8. The molecule has 0 atom stereocenters. The van der Waals surface area contributed by atoms with Crippen molar-refractivity contribution in [2.24, 2.45) is 0 Å². The third kappa shape index (κ3) is 4.59. The van der Waals surface area contributed by atoms with Gasteiger partial charge in [-0.05, 0) is 59.7 Å². The molecule has 0 heterocycles. The number of hydrogen-bond donors (Lipinski definition) is 2. The van der Waals surface area contributed by atoms with E-state index in [1.54, 1.807) is 0 Å². The van der Waals surface area contributed by atoms with Gasteiger partial charge in [0.2, 0.25) is 0 Å². The van der Waals surface area contributed by atoms with Crippen molar-refractivity contribution in [1.29, 1.82) is 0 Å². The topological polar surface area (TPSA) is 127 Å². The number of carboxylic acid groups (broad SMARTS) is 2. The molecule has 32 heavy (non-hydrogen) atoms. The van der Waals surface area contributed by atoms with Crippen LogP contribution in [0.4, 0.5) is 8.78 Å². The molecular formula is C22H12F2O8. The van der Waals surface area contributed by atoms with Crippen LogP contribution in [0.25, 0.3) is 22.3 Å². The minimum absolute atomic E-state index is 0.0548. The Balaban J connectivity index is 2.16. The van der Waals surface area contributed by atoms with E-state index in [0.29, 0.717) is 0 Å². The quantitative estimate of drug-likeness (QED) is 0.505. The van der Waals surface area contributed by atoms with Crippen LogP contribution in [0.15, 0.2) is 48.5 Å². The summed E-state index contributed by atoms with van der Waals surface area (Å²) in [6, 6.07) is 8.08. The van der Waals surface area contributed by atoms with Gasteiger partial charge in [0, 0.05) is 11.1 Å². The molecule has 162 valence electrons. The smallest absolute Gasteiger partial charge is 0.335 e. The molecule has 2 N–H and O–H groups in total. The molecule has 0 amide bonds. The zero-order valence-corrected chi connectivity index (χ0v) is 15.9. The predicted octanol–water partition coefficient (Wildman–Crippen LogP) is 3.77. The Labute approximate surface area is 178 Å². The lowest BCUT2D eigenvalue weighted by atomic mass is 9.96. The average Bonchev–Trinajstić information content (AvgIpc) is 2.75. The first-order valence-electron chi connectivity index (χ1n) is 8.70. The van der Waals surface area contributed by atoms with Crippen molar-refractivity contribution in [2.75, 3.05) is 0 Å². The Bertz CT molecular complexity index is 1160. The minimum atomic E-state index is -1.38. The first-order chi connectivity index (χ1) is 15.2. The molecule has 0 fully saturated rings. The normalized spacial score (nSPS) is 10.3. The maximum Gasteiger partial charge on any atom is 0.335 e. The van der Waals surface area contributed by atoms with Crippen molar-refractivity contribution in [3.8, 4) is 33.8 Å². The highest BCUT2D eigenvalue weighted by Crippen LogP contribution is 2.34. The van der Waals surface area contributed by atoms with E-state index >= 15 is 0 Å². The molecule has 0 unspecified atom stereocenters. The number of ether oxygens (including phenoxy) is 2. The van der Waals surface area contributed by atoms with Crippen LogP contribution in [-0.4, -0.2) is 35.1 Å². The molecule has 0 saturated carbocycles. The summed E-state index contributed by atoms with van der Waals surface area (Å²) in [7, 11) is 0. The van der Waals surface area contributed by atoms with Crippen molar-refractivity contribution in [3.05, 3.63) is 71.3 Å². The Kier molecular flexibility index (Phi) is 6.24. The molecule has 3 aromatic carbocycles. The van der Waals surface area contributed by atoms with Crippen LogP contribution in [0, 0.1) is 11.6 Å². The van der Waals surface area contributed by atoms with Gasteiger partial charge in [-0.3, -0.25) is 9.59 Å². The van der Waals surface area contributed by atoms with Crippen molar-refractivity contribution in [1.82, 2.24) is 0 Å². The zero-order chi connectivity index (χ0) is 23.4. The molecule has 0 radical (unpaired) electrons. The predicted molar refractivity (Wildman–Crippen MR) is 105 cm³/mol. The van der Waals surface area contributed by atoms with E-state index in [2.05, 4.69) is 9.47 Å². The molecule has 0 aromatic heterocycles. The summed E-state index contributed by atoms with van der Waals surface area (Å²) in [5, 5.41) is 18.4. The van der Waals surface area contributed by atoms with E-state index in [1.807, 2.05) is 0 Å². The maximum atomic E-state index is 14.9. The standard InChI is InChI=1S/C22H12F2O8/c23-19-8-18(12-2-14(22(29)30)6-16(4-12)32-10-26)20(24)7-17(19)11-1-13(21(27)28)5-15(3-11)31-9-25/h1-10H,(H,27,28)(H,29,30). The Morgan fingerprint density at radius 1 is 0.656 bits per heavy atom. The van der Waals surface area contributed by atoms with Gasteiger partial charge in [-0.1, -0.05) is 0 Å². The third-order valence-electron chi connectivity index (χ3n) is 4.35. The Morgan fingerprint density at radius 2 is 1.03 bits per heavy atom. The van der Waals surface area contributed by atoms with Crippen LogP contribution in [0.2, 0.25) is 0 Å². The molecule has 3 rings (SSSR count). The largest absolute Gasteiger partial charge is 0.478 e. The van der Waals surface area contributed by atoms with Crippen molar-refractivity contribution in [3.63, 3.8) is 0 Å². The summed E-state index contributed by atoms with van der Waals surface area (Å²) in [5.41, 5.74) is -1.46. The number of hydrogen-bond acceptors (Lipinski definition) is 6. The van der Waals surface area contributed by atoms with Crippen LogP contribution < -0.4 is 9.47 Å². The lowest BCUT2D eigenvalue weighted by molar-refractivity contribution is -0.121. The van der Waals surface area contributed by atoms with Crippen LogP contribution >= 0.6 is 0 Å². The first kappa shape index (κ1) is 22.1. The molecule has 0 aliphatic carbocycles. The maximum absolute atomic E-state index is 14.9. The molecule has 0 bridgehead atoms. The SMILES string of the molecule is O=COc1cc(C(=O)O)cc(-c2cc(F)c(-c3cc(OC=O)cc(C(=O)O)c3)cc2F)c1. The summed E-state index contributed by atoms with van der Waals surface area (Å²) in [6.07, 6.45) is 0. The van der Waals surface area contributed by atoms with E-state index in [0.717, 1.165) is 48.5 Å². The summed E-state index contributed by atoms with van der Waals surface area (Å²) < 4.78 is 39.1. The van der Waals surface area contributed by atoms with Crippen LogP contribution in [0.3, 0.4) is 0 Å². The number of carbonyl (C=O) groups excluding carboxylic acids is 2. The van der Waals surface area contributed by atoms with Crippen LogP contribution in [0.5, 0.6) is 11.5 Å². The second kappa shape index (κ2) is 9.04. The highest BCUT2D eigenvalue weighted by atomic mass is 19.1. The minimum Gasteiger partial charge on any atom is -0.478 e. The van der Waals surface area contributed by atoms with Gasteiger partial charge in [-0.2, -0.15) is 0 Å². The second-order valence-corrected chi connectivity index (χ2v) is 6.34. The van der Waals surface area contributed by atoms with Crippen LogP contribution in [-0.2, 0) is 9.59 Å². The summed E-state index contributed by atoms with van der Waals surface area (Å²) >= 11 is 0. The number of benzene rings is 3. The molecule has 0 aliphatic heterocycles. The van der Waals surface area contributed by atoms with Crippen LogP contribution in [0.1, 0.15) is 20.7 Å². The number of carbonyl (C=O) groups is 4. The lowest BCUT2D eigenvalue weighted by Crippen LogP contribution is -2.01. The Morgan fingerprint density at radius 3 is 1.34 bits per heavy atom. The van der Waals surface area contributed by atoms with E-state index in [-0.39, 0.29) is 57.8 Å². The highest BCUT2D eigenvalue weighted by molar-refractivity contribution is 5.91.